The zero-order chi connectivity index (χ0) is 21.1. The van der Waals surface area contributed by atoms with Crippen molar-refractivity contribution in [3.63, 3.8) is 0 Å². The molecule has 0 unspecified atom stereocenters. The smallest absolute Gasteiger partial charge is 0.338 e. The zero-order valence-electron chi connectivity index (χ0n) is 17.3. The van der Waals surface area contributed by atoms with Gasteiger partial charge in [0.05, 0.1) is 35.9 Å². The van der Waals surface area contributed by atoms with Crippen molar-refractivity contribution in [2.75, 3.05) is 32.2 Å². The lowest BCUT2D eigenvalue weighted by Gasteiger charge is -2.30. The van der Waals surface area contributed by atoms with E-state index < -0.39 is 0 Å². The highest BCUT2D eigenvalue weighted by atomic mass is 16.6. The summed E-state index contributed by atoms with van der Waals surface area (Å²) in [4.78, 5) is 17.8. The molecular weight excluding hydrogens is 382 g/mol. The molecule has 0 aliphatic carbocycles. The SMILES string of the molecule is CCOc1ccc([C@H]2C(C(=O)OCCOC)=C(C)Nc3nc4ccccc4n32)cc1. The van der Waals surface area contributed by atoms with Gasteiger partial charge in [0.1, 0.15) is 12.4 Å². The minimum atomic E-state index is -0.376. The fourth-order valence-corrected chi connectivity index (χ4v) is 3.75. The molecule has 2 heterocycles. The van der Waals surface area contributed by atoms with Crippen molar-refractivity contribution in [3.05, 3.63) is 65.4 Å². The van der Waals surface area contributed by atoms with Crippen LogP contribution < -0.4 is 10.1 Å². The molecule has 0 saturated heterocycles. The minimum absolute atomic E-state index is 0.194. The molecule has 3 aromatic rings. The van der Waals surface area contributed by atoms with Crippen LogP contribution in [0.5, 0.6) is 5.75 Å². The van der Waals surface area contributed by atoms with Crippen molar-refractivity contribution in [3.8, 4) is 5.75 Å². The van der Waals surface area contributed by atoms with Gasteiger partial charge in [0.15, 0.2) is 0 Å². The number of nitrogens with one attached hydrogen (secondary N) is 1. The number of para-hydroxylation sites is 2. The van der Waals surface area contributed by atoms with Gasteiger partial charge in [-0.05, 0) is 43.7 Å². The molecule has 0 fully saturated rings. The van der Waals surface area contributed by atoms with E-state index >= 15 is 0 Å². The number of anilines is 1. The van der Waals surface area contributed by atoms with E-state index in [-0.39, 0.29) is 18.6 Å². The van der Waals surface area contributed by atoms with Crippen LogP contribution in [0.25, 0.3) is 11.0 Å². The second-order valence-corrected chi connectivity index (χ2v) is 6.99. The maximum Gasteiger partial charge on any atom is 0.338 e. The van der Waals surface area contributed by atoms with Crippen LogP contribution in [-0.4, -0.2) is 42.5 Å². The van der Waals surface area contributed by atoms with Crippen molar-refractivity contribution in [2.45, 2.75) is 19.9 Å². The third-order valence-electron chi connectivity index (χ3n) is 5.08. The summed E-state index contributed by atoms with van der Waals surface area (Å²) in [5.74, 6) is 1.11. The number of carbonyl (C=O) groups excluding carboxylic acids is 1. The first kappa shape index (κ1) is 20.0. The van der Waals surface area contributed by atoms with Crippen molar-refractivity contribution in [2.24, 2.45) is 0 Å². The number of carbonyl (C=O) groups is 1. The van der Waals surface area contributed by atoms with E-state index in [4.69, 9.17) is 19.2 Å². The number of benzene rings is 2. The molecule has 2 aromatic carbocycles. The molecule has 0 radical (unpaired) electrons. The Hall–Kier alpha value is -3.32. The summed E-state index contributed by atoms with van der Waals surface area (Å²) >= 11 is 0. The Bertz CT molecular complexity index is 1090. The molecule has 0 amide bonds. The monoisotopic (exact) mass is 407 g/mol. The molecule has 0 spiro atoms. The number of allylic oxidation sites excluding steroid dienone is 1. The first-order valence-electron chi connectivity index (χ1n) is 9.97. The molecule has 7 heteroatoms. The number of aromatic nitrogens is 2. The van der Waals surface area contributed by atoms with Crippen LogP contribution >= 0.6 is 0 Å². The lowest BCUT2D eigenvalue weighted by Crippen LogP contribution is -2.29. The second kappa shape index (κ2) is 8.59. The predicted octanol–water partition coefficient (Wildman–Crippen LogP) is 3.91. The molecule has 1 aliphatic rings. The van der Waals surface area contributed by atoms with E-state index in [1.54, 1.807) is 7.11 Å². The van der Waals surface area contributed by atoms with Gasteiger partial charge < -0.3 is 19.5 Å². The molecule has 7 nitrogen and oxygen atoms in total. The normalized spacial score (nSPS) is 15.6. The number of methoxy groups -OCH3 is 1. The number of hydrogen-bond donors (Lipinski definition) is 1. The largest absolute Gasteiger partial charge is 0.494 e. The molecule has 1 N–H and O–H groups in total. The number of esters is 1. The van der Waals surface area contributed by atoms with Crippen LogP contribution in [0.4, 0.5) is 5.95 Å². The highest BCUT2D eigenvalue weighted by Crippen LogP contribution is 2.39. The van der Waals surface area contributed by atoms with Crippen molar-refractivity contribution in [1.82, 2.24) is 9.55 Å². The molecule has 4 rings (SSSR count). The Morgan fingerprint density at radius 3 is 2.63 bits per heavy atom. The average molecular weight is 407 g/mol. The first-order chi connectivity index (χ1) is 14.6. The highest BCUT2D eigenvalue weighted by Gasteiger charge is 2.34. The number of fused-ring (bicyclic) bond motifs is 3. The Kier molecular flexibility index (Phi) is 5.72. The standard InChI is InChI=1S/C23H25N3O4/c1-4-29-17-11-9-16(10-12-17)21-20(22(27)30-14-13-28-3)15(2)24-23-25-18-7-5-6-8-19(18)26(21)23/h5-12,21H,4,13-14H2,1-3H3,(H,24,25)/t21-/m0/s1. The second-order valence-electron chi connectivity index (χ2n) is 6.99. The summed E-state index contributed by atoms with van der Waals surface area (Å²) in [7, 11) is 1.58. The van der Waals surface area contributed by atoms with Crippen LogP contribution in [0.15, 0.2) is 59.8 Å². The minimum Gasteiger partial charge on any atom is -0.494 e. The van der Waals surface area contributed by atoms with E-state index in [9.17, 15) is 4.79 Å². The van der Waals surface area contributed by atoms with Gasteiger partial charge >= 0.3 is 5.97 Å². The number of rotatable bonds is 7. The maximum absolute atomic E-state index is 13.1. The van der Waals surface area contributed by atoms with E-state index in [0.717, 1.165) is 28.0 Å². The third-order valence-corrected chi connectivity index (χ3v) is 5.08. The Labute approximate surface area is 175 Å². The number of ether oxygens (including phenoxy) is 3. The number of imidazole rings is 1. The van der Waals surface area contributed by atoms with Crippen LogP contribution in [0.2, 0.25) is 0 Å². The zero-order valence-corrected chi connectivity index (χ0v) is 17.3. The van der Waals surface area contributed by atoms with Gasteiger partial charge in [0, 0.05) is 12.8 Å². The summed E-state index contributed by atoms with van der Waals surface area (Å²) in [5.41, 5.74) is 4.01. The quantitative estimate of drug-likeness (QED) is 0.473. The fourth-order valence-electron chi connectivity index (χ4n) is 3.75. The number of hydrogen-bond acceptors (Lipinski definition) is 6. The van der Waals surface area contributed by atoms with Gasteiger partial charge in [-0.2, -0.15) is 0 Å². The van der Waals surface area contributed by atoms with Gasteiger partial charge in [0.2, 0.25) is 5.95 Å². The molecule has 1 atom stereocenters. The third kappa shape index (κ3) is 3.64. The topological polar surface area (TPSA) is 74.6 Å². The molecule has 30 heavy (non-hydrogen) atoms. The van der Waals surface area contributed by atoms with Gasteiger partial charge in [-0.3, -0.25) is 4.57 Å². The van der Waals surface area contributed by atoms with Gasteiger partial charge in [-0.15, -0.1) is 0 Å². The average Bonchev–Trinajstić information content (AvgIpc) is 3.11. The van der Waals surface area contributed by atoms with E-state index in [1.165, 1.54) is 0 Å². The summed E-state index contributed by atoms with van der Waals surface area (Å²) in [6, 6.07) is 15.3. The van der Waals surface area contributed by atoms with Crippen LogP contribution in [0, 0.1) is 0 Å². The van der Waals surface area contributed by atoms with Crippen LogP contribution in [0.1, 0.15) is 25.5 Å². The van der Waals surface area contributed by atoms with Gasteiger partial charge in [0.25, 0.3) is 0 Å². The van der Waals surface area contributed by atoms with Crippen molar-refractivity contribution in [1.29, 1.82) is 0 Å². The summed E-state index contributed by atoms with van der Waals surface area (Å²) < 4.78 is 18.1. The lowest BCUT2D eigenvalue weighted by atomic mass is 9.95. The number of nitrogens with zero attached hydrogens (tertiary/aromatic N) is 2. The summed E-state index contributed by atoms with van der Waals surface area (Å²) in [5, 5.41) is 3.28. The van der Waals surface area contributed by atoms with Gasteiger partial charge in [-0.1, -0.05) is 24.3 Å². The molecule has 0 bridgehead atoms. The Morgan fingerprint density at radius 1 is 1.13 bits per heavy atom. The molecule has 156 valence electrons. The fraction of sp³-hybridized carbons (Fsp3) is 0.304. The summed E-state index contributed by atoms with van der Waals surface area (Å²) in [6.07, 6.45) is 0. The molecule has 1 aliphatic heterocycles. The van der Waals surface area contributed by atoms with Crippen LogP contribution in [-0.2, 0) is 14.3 Å². The van der Waals surface area contributed by atoms with Crippen LogP contribution in [0.3, 0.4) is 0 Å². The van der Waals surface area contributed by atoms with Crippen molar-refractivity contribution < 1.29 is 19.0 Å². The summed E-state index contributed by atoms with van der Waals surface area (Å²) in [6.45, 7) is 4.96. The van der Waals surface area contributed by atoms with E-state index in [1.807, 2.05) is 66.9 Å². The maximum atomic E-state index is 13.1. The highest BCUT2D eigenvalue weighted by molar-refractivity contribution is 5.94. The van der Waals surface area contributed by atoms with E-state index in [2.05, 4.69) is 5.32 Å². The molecule has 1 aromatic heterocycles. The predicted molar refractivity (Wildman–Crippen MR) is 115 cm³/mol. The lowest BCUT2D eigenvalue weighted by molar-refractivity contribution is -0.140. The van der Waals surface area contributed by atoms with Crippen molar-refractivity contribution >= 4 is 23.0 Å². The Balaban J connectivity index is 1.83. The van der Waals surface area contributed by atoms with E-state index in [0.29, 0.717) is 24.7 Å². The molecule has 0 saturated carbocycles. The molecular formula is C23H25N3O4. The first-order valence-corrected chi connectivity index (χ1v) is 9.97. The Morgan fingerprint density at radius 2 is 1.90 bits per heavy atom. The van der Waals surface area contributed by atoms with Gasteiger partial charge in [-0.25, -0.2) is 9.78 Å².